The van der Waals surface area contributed by atoms with Crippen molar-refractivity contribution in [2.75, 3.05) is 7.11 Å². The van der Waals surface area contributed by atoms with Crippen molar-refractivity contribution in [1.82, 2.24) is 5.43 Å². The highest BCUT2D eigenvalue weighted by Crippen LogP contribution is 2.36. The van der Waals surface area contributed by atoms with Crippen molar-refractivity contribution < 1.29 is 18.7 Å². The van der Waals surface area contributed by atoms with Gasteiger partial charge in [0.05, 0.1) is 17.8 Å². The van der Waals surface area contributed by atoms with Crippen molar-refractivity contribution >= 4 is 39.7 Å². The first kappa shape index (κ1) is 21.8. The van der Waals surface area contributed by atoms with Crippen LogP contribution in [0.25, 0.3) is 0 Å². The molecule has 3 rings (SSSR count). The number of ether oxygens (including phenoxy) is 2. The molecule has 0 aliphatic heterocycles. The highest BCUT2D eigenvalue weighted by atomic mass is 79.9. The number of methoxy groups -OCH3 is 1. The minimum Gasteiger partial charge on any atom is -0.493 e. The molecule has 3 aromatic carbocycles. The lowest BCUT2D eigenvalue weighted by atomic mass is 10.2. The molecule has 0 aliphatic rings. The second kappa shape index (κ2) is 10.2. The third-order valence-electron chi connectivity index (χ3n) is 4.01. The number of halogens is 3. The Bertz CT molecular complexity index is 1070. The number of hydrogen-bond acceptors (Lipinski definition) is 4. The van der Waals surface area contributed by atoms with Gasteiger partial charge in [-0.1, -0.05) is 23.7 Å². The lowest BCUT2D eigenvalue weighted by Crippen LogP contribution is -2.17. The molecule has 0 saturated heterocycles. The van der Waals surface area contributed by atoms with Crippen LogP contribution < -0.4 is 14.9 Å². The van der Waals surface area contributed by atoms with E-state index in [0.29, 0.717) is 37.7 Å². The van der Waals surface area contributed by atoms with Crippen molar-refractivity contribution in [2.45, 2.75) is 6.61 Å². The van der Waals surface area contributed by atoms with E-state index in [9.17, 15) is 9.18 Å². The summed E-state index contributed by atoms with van der Waals surface area (Å²) in [4.78, 5) is 12.1. The average Bonchev–Trinajstić information content (AvgIpc) is 2.73. The molecule has 1 N–H and O–H groups in total. The average molecular weight is 492 g/mol. The predicted molar refractivity (Wildman–Crippen MR) is 118 cm³/mol. The fourth-order valence-electron chi connectivity index (χ4n) is 2.57. The van der Waals surface area contributed by atoms with Crippen LogP contribution in [0.4, 0.5) is 4.39 Å². The van der Waals surface area contributed by atoms with Crippen LogP contribution in [0.3, 0.4) is 0 Å². The minimum absolute atomic E-state index is 0.178. The number of benzene rings is 3. The van der Waals surface area contributed by atoms with Crippen LogP contribution in [-0.4, -0.2) is 19.2 Å². The van der Waals surface area contributed by atoms with Crippen molar-refractivity contribution in [3.63, 3.8) is 0 Å². The number of hydrogen-bond donors (Lipinski definition) is 1. The smallest absolute Gasteiger partial charge is 0.271 e. The van der Waals surface area contributed by atoms with E-state index in [0.717, 1.165) is 0 Å². The molecule has 3 aromatic rings. The summed E-state index contributed by atoms with van der Waals surface area (Å²) in [7, 11) is 1.51. The van der Waals surface area contributed by atoms with Gasteiger partial charge in [-0.15, -0.1) is 0 Å². The molecule has 0 aliphatic carbocycles. The van der Waals surface area contributed by atoms with E-state index in [1.807, 2.05) is 0 Å². The summed E-state index contributed by atoms with van der Waals surface area (Å²) in [5.41, 5.74) is 4.26. The zero-order valence-corrected chi connectivity index (χ0v) is 18.2. The highest BCUT2D eigenvalue weighted by molar-refractivity contribution is 9.10. The maximum atomic E-state index is 13.3. The Morgan fingerprint density at radius 2 is 1.97 bits per heavy atom. The van der Waals surface area contributed by atoms with Gasteiger partial charge < -0.3 is 9.47 Å². The molecule has 0 spiro atoms. The van der Waals surface area contributed by atoms with Crippen LogP contribution in [0.2, 0.25) is 5.02 Å². The number of carbonyl (C=O) groups is 1. The Labute approximate surface area is 186 Å². The molecule has 5 nitrogen and oxygen atoms in total. The Balaban J connectivity index is 1.69. The minimum atomic E-state index is -0.357. The van der Waals surface area contributed by atoms with Gasteiger partial charge in [0.2, 0.25) is 0 Å². The second-order valence-corrected chi connectivity index (χ2v) is 7.45. The quantitative estimate of drug-likeness (QED) is 0.346. The standard InChI is InChI=1S/C22H17BrClFN2O3/c1-29-20-11-15(12-26-27-22(28)16-5-7-17(24)8-6-16)10-19(23)21(20)30-13-14-3-2-4-18(25)9-14/h2-12H,13H2,1H3,(H,27,28)/b26-12-. The van der Waals surface area contributed by atoms with Crippen molar-refractivity contribution in [3.8, 4) is 11.5 Å². The summed E-state index contributed by atoms with van der Waals surface area (Å²) < 4.78 is 25.2. The number of rotatable bonds is 7. The topological polar surface area (TPSA) is 59.9 Å². The van der Waals surface area contributed by atoms with E-state index in [1.165, 1.54) is 25.5 Å². The molecule has 0 fully saturated rings. The van der Waals surface area contributed by atoms with Gasteiger partial charge in [-0.25, -0.2) is 9.82 Å². The van der Waals surface area contributed by atoms with Gasteiger partial charge in [-0.3, -0.25) is 4.79 Å². The lowest BCUT2D eigenvalue weighted by Gasteiger charge is -2.13. The Kier molecular flexibility index (Phi) is 7.43. The van der Waals surface area contributed by atoms with Gasteiger partial charge in [-0.2, -0.15) is 5.10 Å². The summed E-state index contributed by atoms with van der Waals surface area (Å²) >= 11 is 9.27. The van der Waals surface area contributed by atoms with Gasteiger partial charge in [-0.05, 0) is 75.6 Å². The molecule has 0 saturated carbocycles. The summed E-state index contributed by atoms with van der Waals surface area (Å²) in [6, 6.07) is 16.1. The summed E-state index contributed by atoms with van der Waals surface area (Å²) in [6.07, 6.45) is 1.48. The van der Waals surface area contributed by atoms with Crippen LogP contribution in [-0.2, 0) is 6.61 Å². The van der Waals surface area contributed by atoms with E-state index < -0.39 is 0 Å². The summed E-state index contributed by atoms with van der Waals surface area (Å²) in [5, 5.41) is 4.52. The van der Waals surface area contributed by atoms with E-state index >= 15 is 0 Å². The SMILES string of the molecule is COc1cc(/C=N\NC(=O)c2ccc(Cl)cc2)cc(Br)c1OCc1cccc(F)c1. The highest BCUT2D eigenvalue weighted by Gasteiger charge is 2.12. The van der Waals surface area contributed by atoms with Crippen molar-refractivity contribution in [1.29, 1.82) is 0 Å². The van der Waals surface area contributed by atoms with Crippen molar-refractivity contribution in [2.24, 2.45) is 5.10 Å². The van der Waals surface area contributed by atoms with Gasteiger partial charge >= 0.3 is 0 Å². The Morgan fingerprint density at radius 1 is 1.20 bits per heavy atom. The molecule has 0 heterocycles. The fourth-order valence-corrected chi connectivity index (χ4v) is 3.27. The van der Waals surface area contributed by atoms with Crippen LogP contribution >= 0.6 is 27.5 Å². The van der Waals surface area contributed by atoms with E-state index in [-0.39, 0.29) is 18.3 Å². The van der Waals surface area contributed by atoms with Gasteiger partial charge in [0.1, 0.15) is 12.4 Å². The first-order valence-corrected chi connectivity index (χ1v) is 9.97. The molecular weight excluding hydrogens is 475 g/mol. The molecule has 0 atom stereocenters. The first-order chi connectivity index (χ1) is 14.5. The van der Waals surface area contributed by atoms with Crippen LogP contribution in [0.1, 0.15) is 21.5 Å². The Morgan fingerprint density at radius 3 is 2.67 bits per heavy atom. The first-order valence-electron chi connectivity index (χ1n) is 8.80. The number of hydrazone groups is 1. The van der Waals surface area contributed by atoms with Crippen LogP contribution in [0.5, 0.6) is 11.5 Å². The van der Waals surface area contributed by atoms with Crippen molar-refractivity contribution in [3.05, 3.63) is 92.7 Å². The summed E-state index contributed by atoms with van der Waals surface area (Å²) in [5.74, 6) is 0.258. The largest absolute Gasteiger partial charge is 0.493 e. The fraction of sp³-hybridized carbons (Fsp3) is 0.0909. The normalized spacial score (nSPS) is 10.8. The molecule has 1 amide bonds. The van der Waals surface area contributed by atoms with E-state index in [1.54, 1.807) is 48.5 Å². The molecule has 0 aromatic heterocycles. The van der Waals surface area contributed by atoms with Crippen LogP contribution in [0, 0.1) is 5.82 Å². The molecule has 0 bridgehead atoms. The third-order valence-corrected chi connectivity index (χ3v) is 4.85. The monoisotopic (exact) mass is 490 g/mol. The molecule has 154 valence electrons. The van der Waals surface area contributed by atoms with E-state index in [4.69, 9.17) is 21.1 Å². The zero-order valence-electron chi connectivity index (χ0n) is 15.9. The van der Waals surface area contributed by atoms with Gasteiger partial charge in [0.15, 0.2) is 11.5 Å². The maximum Gasteiger partial charge on any atom is 0.271 e. The lowest BCUT2D eigenvalue weighted by molar-refractivity contribution is 0.0955. The maximum absolute atomic E-state index is 13.3. The third kappa shape index (κ3) is 5.81. The molecule has 0 radical (unpaired) electrons. The molecule has 0 unspecified atom stereocenters. The number of nitrogens with zero attached hydrogens (tertiary/aromatic N) is 1. The zero-order chi connectivity index (χ0) is 21.5. The van der Waals surface area contributed by atoms with Gasteiger partial charge in [0, 0.05) is 10.6 Å². The summed E-state index contributed by atoms with van der Waals surface area (Å²) in [6.45, 7) is 0.178. The number of nitrogens with one attached hydrogen (secondary N) is 1. The Hall–Kier alpha value is -2.90. The van der Waals surface area contributed by atoms with Crippen LogP contribution in [0.15, 0.2) is 70.2 Å². The second-order valence-electron chi connectivity index (χ2n) is 6.16. The number of amides is 1. The molecule has 8 heteroatoms. The van der Waals surface area contributed by atoms with E-state index in [2.05, 4.69) is 26.5 Å². The molecule has 30 heavy (non-hydrogen) atoms. The van der Waals surface area contributed by atoms with Gasteiger partial charge in [0.25, 0.3) is 5.91 Å². The predicted octanol–water partition coefficient (Wildman–Crippen LogP) is 5.59. The molecular formula is C22H17BrClFN2O3. The number of carbonyl (C=O) groups excluding carboxylic acids is 1.